The van der Waals surface area contributed by atoms with Gasteiger partial charge in [-0.25, -0.2) is 4.98 Å². The highest BCUT2D eigenvalue weighted by molar-refractivity contribution is 7.12. The van der Waals surface area contributed by atoms with Crippen LogP contribution >= 0.6 is 11.3 Å². The Balaban J connectivity index is 2.68. The van der Waals surface area contributed by atoms with E-state index < -0.39 is 0 Å². The second-order valence-corrected chi connectivity index (χ2v) is 2.95. The third-order valence-corrected chi connectivity index (χ3v) is 2.25. The Hall–Kier alpha value is -1.29. The van der Waals surface area contributed by atoms with Crippen LogP contribution in [0.4, 0.5) is 0 Å². The molecule has 1 aromatic heterocycles. The number of hydrogen-bond donors (Lipinski definition) is 0. The number of hydrogen-bond acceptors (Lipinski definition) is 4. The van der Waals surface area contributed by atoms with E-state index in [2.05, 4.69) is 4.98 Å². The lowest BCUT2D eigenvalue weighted by molar-refractivity contribution is 0.0994. The standard InChI is InChI=1S/C7H3NO2S/c9-4-1-2-5(10)7-6(4)8-3-11-7/h1-3H. The zero-order valence-electron chi connectivity index (χ0n) is 5.40. The number of aromatic nitrogens is 1. The van der Waals surface area contributed by atoms with Crippen LogP contribution in [0, 0.1) is 0 Å². The summed E-state index contributed by atoms with van der Waals surface area (Å²) >= 11 is 1.20. The number of ketones is 2. The van der Waals surface area contributed by atoms with Gasteiger partial charge in [-0.05, 0) is 12.2 Å². The molecule has 11 heavy (non-hydrogen) atoms. The van der Waals surface area contributed by atoms with Gasteiger partial charge in [0.25, 0.3) is 0 Å². The molecule has 0 unspecified atom stereocenters. The molecule has 0 saturated carbocycles. The molecule has 0 spiro atoms. The summed E-state index contributed by atoms with van der Waals surface area (Å²) in [6.45, 7) is 0. The van der Waals surface area contributed by atoms with Crippen molar-refractivity contribution >= 4 is 22.9 Å². The molecule has 0 bridgehead atoms. The van der Waals surface area contributed by atoms with Crippen molar-refractivity contribution < 1.29 is 9.59 Å². The number of allylic oxidation sites excluding steroid dienone is 2. The molecule has 0 aliphatic heterocycles. The minimum atomic E-state index is -0.180. The Morgan fingerprint density at radius 1 is 1.18 bits per heavy atom. The van der Waals surface area contributed by atoms with Crippen LogP contribution in [0.3, 0.4) is 0 Å². The Morgan fingerprint density at radius 2 is 1.91 bits per heavy atom. The summed E-state index contributed by atoms with van der Waals surface area (Å²) in [5.74, 6) is -0.303. The van der Waals surface area contributed by atoms with Gasteiger partial charge in [0.2, 0.25) is 5.78 Å². The van der Waals surface area contributed by atoms with E-state index in [1.807, 2.05) is 0 Å². The van der Waals surface area contributed by atoms with E-state index >= 15 is 0 Å². The minimum absolute atomic E-state index is 0.123. The zero-order valence-corrected chi connectivity index (χ0v) is 6.22. The molecular weight excluding hydrogens is 162 g/mol. The lowest BCUT2D eigenvalue weighted by Gasteiger charge is -1.98. The SMILES string of the molecule is O=C1C=CC(=O)c2scnc21. The van der Waals surface area contributed by atoms with E-state index in [4.69, 9.17) is 0 Å². The summed E-state index contributed by atoms with van der Waals surface area (Å²) < 4.78 is 0. The largest absolute Gasteiger partial charge is 0.288 e. The van der Waals surface area contributed by atoms with E-state index in [0.29, 0.717) is 10.6 Å². The van der Waals surface area contributed by atoms with Crippen LogP contribution in [0.15, 0.2) is 17.7 Å². The van der Waals surface area contributed by atoms with E-state index in [1.165, 1.54) is 29.0 Å². The maximum atomic E-state index is 11.0. The van der Waals surface area contributed by atoms with Crippen LogP contribution in [0.2, 0.25) is 0 Å². The highest BCUT2D eigenvalue weighted by Crippen LogP contribution is 2.18. The van der Waals surface area contributed by atoms with Gasteiger partial charge in [0.15, 0.2) is 5.78 Å². The van der Waals surface area contributed by atoms with Crippen LogP contribution < -0.4 is 0 Å². The van der Waals surface area contributed by atoms with Gasteiger partial charge in [0.05, 0.1) is 5.51 Å². The van der Waals surface area contributed by atoms with Crippen molar-refractivity contribution in [2.24, 2.45) is 0 Å². The first-order chi connectivity index (χ1) is 5.29. The summed E-state index contributed by atoms with van der Waals surface area (Å²) in [5, 5.41) is 0. The van der Waals surface area contributed by atoms with Crippen LogP contribution in [-0.2, 0) is 0 Å². The molecule has 1 heterocycles. The molecule has 4 heteroatoms. The molecule has 54 valence electrons. The van der Waals surface area contributed by atoms with Crippen molar-refractivity contribution in [1.29, 1.82) is 0 Å². The molecule has 1 aromatic rings. The van der Waals surface area contributed by atoms with Crippen LogP contribution in [0.5, 0.6) is 0 Å². The van der Waals surface area contributed by atoms with Gasteiger partial charge in [0.1, 0.15) is 10.6 Å². The first-order valence-corrected chi connectivity index (χ1v) is 3.87. The predicted octanol–water partition coefficient (Wildman–Crippen LogP) is 1.08. The first kappa shape index (κ1) is 6.42. The maximum Gasteiger partial charge on any atom is 0.205 e. The smallest absolute Gasteiger partial charge is 0.205 e. The summed E-state index contributed by atoms with van der Waals surface area (Å²) in [6.07, 6.45) is 2.53. The molecule has 0 fully saturated rings. The summed E-state index contributed by atoms with van der Waals surface area (Å²) in [7, 11) is 0. The van der Waals surface area contributed by atoms with E-state index in [0.717, 1.165) is 0 Å². The number of thiazole rings is 1. The fourth-order valence-electron chi connectivity index (χ4n) is 0.902. The van der Waals surface area contributed by atoms with Crippen molar-refractivity contribution in [3.05, 3.63) is 28.2 Å². The normalized spacial score (nSPS) is 15.3. The molecule has 0 amide bonds. The molecule has 1 aliphatic carbocycles. The van der Waals surface area contributed by atoms with E-state index in [-0.39, 0.29) is 11.6 Å². The van der Waals surface area contributed by atoms with Gasteiger partial charge in [-0.15, -0.1) is 11.3 Å². The Morgan fingerprint density at radius 3 is 2.64 bits per heavy atom. The predicted molar refractivity (Wildman–Crippen MR) is 39.9 cm³/mol. The van der Waals surface area contributed by atoms with Gasteiger partial charge >= 0.3 is 0 Å². The quantitative estimate of drug-likeness (QED) is 0.577. The van der Waals surface area contributed by atoms with E-state index in [9.17, 15) is 9.59 Å². The fraction of sp³-hybridized carbons (Fsp3) is 0. The monoisotopic (exact) mass is 165 g/mol. The van der Waals surface area contributed by atoms with Crippen molar-refractivity contribution in [3.8, 4) is 0 Å². The lowest BCUT2D eigenvalue weighted by atomic mass is 10.1. The minimum Gasteiger partial charge on any atom is -0.288 e. The fourth-order valence-corrected chi connectivity index (χ4v) is 1.62. The van der Waals surface area contributed by atoms with Gasteiger partial charge < -0.3 is 0 Å². The second-order valence-electron chi connectivity index (χ2n) is 2.09. The summed E-state index contributed by atoms with van der Waals surface area (Å²) in [4.78, 5) is 26.3. The third-order valence-electron chi connectivity index (χ3n) is 1.41. The molecule has 0 saturated heterocycles. The molecule has 0 aromatic carbocycles. The van der Waals surface area contributed by atoms with E-state index in [1.54, 1.807) is 0 Å². The highest BCUT2D eigenvalue weighted by atomic mass is 32.1. The van der Waals surface area contributed by atoms with Gasteiger partial charge in [-0.2, -0.15) is 0 Å². The van der Waals surface area contributed by atoms with Crippen LogP contribution in [0.1, 0.15) is 20.2 Å². The third kappa shape index (κ3) is 0.832. The zero-order chi connectivity index (χ0) is 7.84. The number of rotatable bonds is 0. The van der Waals surface area contributed by atoms with Crippen molar-refractivity contribution in [3.63, 3.8) is 0 Å². The number of nitrogens with zero attached hydrogens (tertiary/aromatic N) is 1. The lowest BCUT2D eigenvalue weighted by Crippen LogP contribution is -2.08. The number of carbonyl (C=O) groups excluding carboxylic acids is 2. The second kappa shape index (κ2) is 2.10. The summed E-state index contributed by atoms with van der Waals surface area (Å²) in [5.41, 5.74) is 1.80. The highest BCUT2D eigenvalue weighted by Gasteiger charge is 2.21. The van der Waals surface area contributed by atoms with Crippen molar-refractivity contribution in [1.82, 2.24) is 4.98 Å². The molecule has 2 rings (SSSR count). The molecule has 1 aliphatic rings. The average Bonchev–Trinajstić information content (AvgIpc) is 2.45. The Bertz CT molecular complexity index is 332. The average molecular weight is 165 g/mol. The Labute approximate surface area is 66.4 Å². The van der Waals surface area contributed by atoms with Gasteiger partial charge in [0, 0.05) is 0 Å². The molecule has 0 N–H and O–H groups in total. The van der Waals surface area contributed by atoms with Crippen molar-refractivity contribution in [2.45, 2.75) is 0 Å². The number of fused-ring (bicyclic) bond motifs is 1. The topological polar surface area (TPSA) is 47.0 Å². The molecular formula is C7H3NO2S. The Kier molecular flexibility index (Phi) is 1.22. The van der Waals surface area contributed by atoms with Crippen LogP contribution in [-0.4, -0.2) is 16.6 Å². The number of carbonyl (C=O) groups is 2. The molecule has 0 radical (unpaired) electrons. The van der Waals surface area contributed by atoms with Gasteiger partial charge in [-0.3, -0.25) is 9.59 Å². The first-order valence-electron chi connectivity index (χ1n) is 2.99. The summed E-state index contributed by atoms with van der Waals surface area (Å²) in [6, 6.07) is 0. The molecule has 3 nitrogen and oxygen atoms in total. The maximum absolute atomic E-state index is 11.0. The molecule has 0 atom stereocenters. The van der Waals surface area contributed by atoms with Crippen LogP contribution in [0.25, 0.3) is 0 Å². The van der Waals surface area contributed by atoms with Crippen molar-refractivity contribution in [2.75, 3.05) is 0 Å². The van der Waals surface area contributed by atoms with Gasteiger partial charge in [-0.1, -0.05) is 0 Å².